The molecular weight excluding hydrogens is 242 g/mol. The fourth-order valence-electron chi connectivity index (χ4n) is 1.80. The van der Waals surface area contributed by atoms with Crippen molar-refractivity contribution in [2.45, 2.75) is 18.1 Å². The first kappa shape index (κ1) is 12.2. The molecule has 6 heteroatoms. The van der Waals surface area contributed by atoms with Gasteiger partial charge in [-0.3, -0.25) is 4.72 Å². The van der Waals surface area contributed by atoms with Crippen molar-refractivity contribution in [1.29, 1.82) is 0 Å². The van der Waals surface area contributed by atoms with E-state index in [2.05, 4.69) is 4.72 Å². The lowest BCUT2D eigenvalue weighted by Gasteiger charge is -2.22. The number of hydrogen-bond donors (Lipinski definition) is 2. The van der Waals surface area contributed by atoms with E-state index in [-0.39, 0.29) is 5.75 Å². The van der Waals surface area contributed by atoms with Crippen LogP contribution in [0.5, 0.6) is 5.75 Å². The molecule has 94 valence electrons. The highest BCUT2D eigenvalue weighted by Crippen LogP contribution is 2.21. The lowest BCUT2D eigenvalue weighted by Crippen LogP contribution is -2.33. The van der Waals surface area contributed by atoms with Crippen molar-refractivity contribution in [2.75, 3.05) is 17.9 Å². The highest BCUT2D eigenvalue weighted by atomic mass is 32.2. The number of anilines is 1. The van der Waals surface area contributed by atoms with E-state index in [4.69, 9.17) is 4.74 Å². The van der Waals surface area contributed by atoms with Gasteiger partial charge in [-0.25, -0.2) is 8.42 Å². The molecule has 5 nitrogen and oxygen atoms in total. The van der Waals surface area contributed by atoms with E-state index in [0.717, 1.165) is 0 Å². The predicted octanol–water partition coefficient (Wildman–Crippen LogP) is 1.31. The van der Waals surface area contributed by atoms with Crippen LogP contribution in [0.25, 0.3) is 0 Å². The molecule has 0 atom stereocenters. The molecule has 1 aliphatic heterocycles. The van der Waals surface area contributed by atoms with E-state index in [9.17, 15) is 13.5 Å². The van der Waals surface area contributed by atoms with Crippen molar-refractivity contribution in [3.8, 4) is 5.75 Å². The molecule has 0 radical (unpaired) electrons. The third-order valence-electron chi connectivity index (χ3n) is 2.71. The van der Waals surface area contributed by atoms with Gasteiger partial charge in [0, 0.05) is 19.3 Å². The SMILES string of the molecule is O=S(=O)(Nc1cccc(O)c1)C1CCOCC1. The quantitative estimate of drug-likeness (QED) is 0.856. The molecule has 0 unspecified atom stereocenters. The molecule has 1 aromatic rings. The number of aromatic hydroxyl groups is 1. The first-order chi connectivity index (χ1) is 8.08. The summed E-state index contributed by atoms with van der Waals surface area (Å²) in [6, 6.07) is 6.08. The summed E-state index contributed by atoms with van der Waals surface area (Å²) < 4.78 is 31.7. The fraction of sp³-hybridized carbons (Fsp3) is 0.455. The third-order valence-corrected chi connectivity index (χ3v) is 4.58. The minimum absolute atomic E-state index is 0.0391. The fourth-order valence-corrected chi connectivity index (χ4v) is 3.24. The second kappa shape index (κ2) is 4.93. The summed E-state index contributed by atoms with van der Waals surface area (Å²) in [5, 5.41) is 8.85. The van der Waals surface area contributed by atoms with Gasteiger partial charge in [0.15, 0.2) is 0 Å². The highest BCUT2D eigenvalue weighted by Gasteiger charge is 2.27. The van der Waals surface area contributed by atoms with Crippen molar-refractivity contribution in [1.82, 2.24) is 0 Å². The third kappa shape index (κ3) is 3.10. The van der Waals surface area contributed by atoms with E-state index in [1.165, 1.54) is 12.1 Å². The van der Waals surface area contributed by atoms with Crippen molar-refractivity contribution in [3.05, 3.63) is 24.3 Å². The van der Waals surface area contributed by atoms with Gasteiger partial charge in [0.05, 0.1) is 10.9 Å². The van der Waals surface area contributed by atoms with Crippen LogP contribution in [-0.2, 0) is 14.8 Å². The molecule has 17 heavy (non-hydrogen) atoms. The summed E-state index contributed by atoms with van der Waals surface area (Å²) in [6.07, 6.45) is 1.02. The summed E-state index contributed by atoms with van der Waals surface area (Å²) in [7, 11) is -3.39. The van der Waals surface area contributed by atoms with Gasteiger partial charge in [-0.15, -0.1) is 0 Å². The van der Waals surface area contributed by atoms with Crippen LogP contribution in [0, 0.1) is 0 Å². The first-order valence-corrected chi connectivity index (χ1v) is 7.01. The number of phenolic OH excluding ortho intramolecular Hbond substituents is 1. The number of phenols is 1. The summed E-state index contributed by atoms with van der Waals surface area (Å²) in [5.41, 5.74) is 0.386. The summed E-state index contributed by atoms with van der Waals surface area (Å²) in [5.74, 6) is 0.0391. The lowest BCUT2D eigenvalue weighted by atomic mass is 10.2. The molecule has 0 bridgehead atoms. The van der Waals surface area contributed by atoms with Gasteiger partial charge < -0.3 is 9.84 Å². The van der Waals surface area contributed by atoms with Gasteiger partial charge in [-0.05, 0) is 25.0 Å². The predicted molar refractivity (Wildman–Crippen MR) is 64.5 cm³/mol. The Hall–Kier alpha value is -1.27. The van der Waals surface area contributed by atoms with E-state index in [0.29, 0.717) is 31.7 Å². The maximum atomic E-state index is 12.0. The van der Waals surface area contributed by atoms with Crippen LogP contribution in [0.2, 0.25) is 0 Å². The van der Waals surface area contributed by atoms with Gasteiger partial charge >= 0.3 is 0 Å². The number of rotatable bonds is 3. The summed E-state index contributed by atoms with van der Waals surface area (Å²) in [6.45, 7) is 0.956. The average molecular weight is 257 g/mol. The van der Waals surface area contributed by atoms with Crippen LogP contribution >= 0.6 is 0 Å². The molecule has 0 spiro atoms. The Kier molecular flexibility index (Phi) is 3.54. The summed E-state index contributed by atoms with van der Waals surface area (Å²) >= 11 is 0. The smallest absolute Gasteiger partial charge is 0.235 e. The molecule has 0 aromatic heterocycles. The largest absolute Gasteiger partial charge is 0.508 e. The zero-order chi connectivity index (χ0) is 12.3. The van der Waals surface area contributed by atoms with Crippen LogP contribution < -0.4 is 4.72 Å². The van der Waals surface area contributed by atoms with Crippen molar-refractivity contribution in [3.63, 3.8) is 0 Å². The van der Waals surface area contributed by atoms with Crippen LogP contribution in [0.3, 0.4) is 0 Å². The van der Waals surface area contributed by atoms with Crippen LogP contribution in [0.4, 0.5) is 5.69 Å². The molecule has 0 amide bonds. The lowest BCUT2D eigenvalue weighted by molar-refractivity contribution is 0.0984. The van der Waals surface area contributed by atoms with E-state index in [1.54, 1.807) is 12.1 Å². The minimum atomic E-state index is -3.39. The van der Waals surface area contributed by atoms with Gasteiger partial charge in [0.25, 0.3) is 0 Å². The van der Waals surface area contributed by atoms with Crippen LogP contribution in [0.15, 0.2) is 24.3 Å². The van der Waals surface area contributed by atoms with Crippen molar-refractivity contribution < 1.29 is 18.3 Å². The molecule has 1 aromatic carbocycles. The van der Waals surface area contributed by atoms with E-state index in [1.807, 2.05) is 0 Å². The Morgan fingerprint density at radius 2 is 2.00 bits per heavy atom. The van der Waals surface area contributed by atoms with Crippen LogP contribution in [-0.4, -0.2) is 32.0 Å². The molecule has 1 saturated heterocycles. The van der Waals surface area contributed by atoms with E-state index < -0.39 is 15.3 Å². The molecular formula is C11H15NO4S. The Morgan fingerprint density at radius 1 is 1.29 bits per heavy atom. The first-order valence-electron chi connectivity index (χ1n) is 5.46. The maximum Gasteiger partial charge on any atom is 0.235 e. The Labute approximate surface area is 100 Å². The maximum absolute atomic E-state index is 12.0. The topological polar surface area (TPSA) is 75.6 Å². The van der Waals surface area contributed by atoms with Crippen molar-refractivity contribution in [2.24, 2.45) is 0 Å². The number of nitrogens with one attached hydrogen (secondary N) is 1. The van der Waals surface area contributed by atoms with E-state index >= 15 is 0 Å². The van der Waals surface area contributed by atoms with Gasteiger partial charge in [0.1, 0.15) is 5.75 Å². The molecule has 0 aliphatic carbocycles. The Bertz CT molecular complexity index is 480. The molecule has 1 fully saturated rings. The number of sulfonamides is 1. The molecule has 2 rings (SSSR count). The number of ether oxygens (including phenoxy) is 1. The number of hydrogen-bond acceptors (Lipinski definition) is 4. The minimum Gasteiger partial charge on any atom is -0.508 e. The Balaban J connectivity index is 2.11. The van der Waals surface area contributed by atoms with Crippen molar-refractivity contribution >= 4 is 15.7 Å². The van der Waals surface area contributed by atoms with Gasteiger partial charge in [-0.2, -0.15) is 0 Å². The second-order valence-electron chi connectivity index (χ2n) is 4.01. The molecule has 1 heterocycles. The number of benzene rings is 1. The molecule has 0 saturated carbocycles. The summed E-state index contributed by atoms with van der Waals surface area (Å²) in [4.78, 5) is 0. The molecule has 2 N–H and O–H groups in total. The average Bonchev–Trinajstić information content (AvgIpc) is 2.29. The van der Waals surface area contributed by atoms with Gasteiger partial charge in [0.2, 0.25) is 10.0 Å². The normalized spacial score (nSPS) is 17.9. The second-order valence-corrected chi connectivity index (χ2v) is 5.97. The van der Waals surface area contributed by atoms with Gasteiger partial charge in [-0.1, -0.05) is 6.07 Å². The standard InChI is InChI=1S/C11H15NO4S/c13-10-3-1-2-9(8-10)12-17(14,15)11-4-6-16-7-5-11/h1-3,8,11-13H,4-7H2. The monoisotopic (exact) mass is 257 g/mol. The zero-order valence-corrected chi connectivity index (χ0v) is 10.1. The Morgan fingerprint density at radius 3 is 2.65 bits per heavy atom. The highest BCUT2D eigenvalue weighted by molar-refractivity contribution is 7.93. The zero-order valence-electron chi connectivity index (χ0n) is 9.30. The van der Waals surface area contributed by atoms with Crippen LogP contribution in [0.1, 0.15) is 12.8 Å². The molecule has 1 aliphatic rings.